The zero-order valence-electron chi connectivity index (χ0n) is 34.1. The van der Waals surface area contributed by atoms with Crippen LogP contribution < -0.4 is 5.32 Å². The van der Waals surface area contributed by atoms with Gasteiger partial charge in [0, 0.05) is 32.1 Å². The van der Waals surface area contributed by atoms with Gasteiger partial charge in [-0.05, 0) is 180 Å². The monoisotopic (exact) mass is 714 g/mol. The molecule has 4 aliphatic carbocycles. The molecule has 5 unspecified atom stereocenters. The molecule has 0 bridgehead atoms. The maximum absolute atomic E-state index is 14.2. The van der Waals surface area contributed by atoms with Crippen LogP contribution in [-0.2, 0) is 14.3 Å². The maximum Gasteiger partial charge on any atom is 0.411 e. The maximum atomic E-state index is 14.2. The van der Waals surface area contributed by atoms with E-state index in [4.69, 9.17) is 4.74 Å². The number of nitrogens with one attached hydrogen (secondary N) is 1. The van der Waals surface area contributed by atoms with Crippen LogP contribution >= 0.6 is 0 Å². The van der Waals surface area contributed by atoms with Gasteiger partial charge in [-0.1, -0.05) is 26.7 Å². The lowest BCUT2D eigenvalue weighted by Gasteiger charge is -2.60. The molecule has 51 heavy (non-hydrogen) atoms. The van der Waals surface area contributed by atoms with Gasteiger partial charge in [0.25, 0.3) is 0 Å². The Bertz CT molecular complexity index is 1190. The van der Waals surface area contributed by atoms with Crippen LogP contribution in [0.15, 0.2) is 0 Å². The highest BCUT2D eigenvalue weighted by Crippen LogP contribution is 2.67. The molecule has 3 amide bonds. The Hall–Kier alpha value is -1.87. The fraction of sp³-hybridized carbons (Fsp3) is 0.929. The Morgan fingerprint density at radius 1 is 0.804 bits per heavy atom. The van der Waals surface area contributed by atoms with Gasteiger partial charge in [-0.2, -0.15) is 0 Å². The van der Waals surface area contributed by atoms with Gasteiger partial charge in [0.05, 0.1) is 0 Å². The van der Waals surface area contributed by atoms with Gasteiger partial charge in [0.15, 0.2) is 0 Å². The second kappa shape index (κ2) is 16.7. The lowest BCUT2D eigenvalue weighted by atomic mass is 9.45. The van der Waals surface area contributed by atoms with E-state index in [0.717, 1.165) is 56.0 Å². The van der Waals surface area contributed by atoms with Gasteiger partial charge in [-0.15, -0.1) is 0 Å². The van der Waals surface area contributed by atoms with Crippen molar-refractivity contribution in [2.45, 2.75) is 149 Å². The van der Waals surface area contributed by atoms with Crippen LogP contribution in [-0.4, -0.2) is 116 Å². The Morgan fingerprint density at radius 2 is 1.47 bits per heavy atom. The first-order valence-corrected chi connectivity index (χ1v) is 20.9. The minimum Gasteiger partial charge on any atom is -0.444 e. The van der Waals surface area contributed by atoms with Crippen LogP contribution in [0.25, 0.3) is 0 Å². The number of ether oxygens (including phenoxy) is 1. The summed E-state index contributed by atoms with van der Waals surface area (Å²) in [7, 11) is 8.18. The Balaban J connectivity index is 1.20. The van der Waals surface area contributed by atoms with Crippen molar-refractivity contribution in [1.29, 1.82) is 0 Å². The molecule has 1 N–H and O–H groups in total. The first-order valence-electron chi connectivity index (χ1n) is 20.9. The summed E-state index contributed by atoms with van der Waals surface area (Å²) in [6, 6.07) is -0.909. The van der Waals surface area contributed by atoms with E-state index in [1.54, 1.807) is 4.90 Å². The average Bonchev–Trinajstić information content (AvgIpc) is 3.62. The summed E-state index contributed by atoms with van der Waals surface area (Å²) >= 11 is 0. The van der Waals surface area contributed by atoms with E-state index in [1.165, 1.54) is 64.2 Å². The number of nitrogens with zero attached hydrogens (tertiary/aromatic N) is 4. The van der Waals surface area contributed by atoms with E-state index in [0.29, 0.717) is 49.2 Å². The quantitative estimate of drug-likeness (QED) is 0.221. The van der Waals surface area contributed by atoms with Crippen molar-refractivity contribution in [2.75, 3.05) is 60.9 Å². The average molecular weight is 714 g/mol. The number of carbonyl (C=O) groups is 3. The van der Waals surface area contributed by atoms with E-state index in [1.807, 2.05) is 53.9 Å². The summed E-state index contributed by atoms with van der Waals surface area (Å²) in [5.41, 5.74) is 0.231. The minimum atomic E-state index is -0.676. The molecule has 0 radical (unpaired) electrons. The summed E-state index contributed by atoms with van der Waals surface area (Å²) in [6.45, 7) is 14.2. The SMILES string of the molecule is CN(C)CCCN(CCCN(C)C)C(=O)[C@@H]1C[C@H](NC(=O)CCC2CCC3C4CCC5CCCC[C@]5(C)C4CC[C@]23C)CN1C(=O)OC(C)(C)C. The molecule has 0 aromatic heterocycles. The summed E-state index contributed by atoms with van der Waals surface area (Å²) in [5.74, 6) is 4.16. The van der Waals surface area contributed by atoms with Crippen LogP contribution in [0.3, 0.4) is 0 Å². The molecule has 4 saturated carbocycles. The van der Waals surface area contributed by atoms with Crippen molar-refractivity contribution in [3.63, 3.8) is 0 Å². The normalized spacial score (nSPS) is 35.0. The number of fused-ring (bicyclic) bond motifs is 5. The molecule has 5 fully saturated rings. The molecule has 9 atom stereocenters. The molecular formula is C42H75N5O4. The predicted octanol–water partition coefficient (Wildman–Crippen LogP) is 7.04. The Kier molecular flexibility index (Phi) is 13.2. The van der Waals surface area contributed by atoms with Crippen LogP contribution in [0.4, 0.5) is 4.79 Å². The first kappa shape index (κ1) is 40.3. The van der Waals surface area contributed by atoms with E-state index >= 15 is 0 Å². The van der Waals surface area contributed by atoms with E-state index < -0.39 is 17.7 Å². The largest absolute Gasteiger partial charge is 0.444 e. The highest BCUT2D eigenvalue weighted by molar-refractivity contribution is 5.87. The molecule has 9 nitrogen and oxygen atoms in total. The molecule has 0 aromatic carbocycles. The Morgan fingerprint density at radius 3 is 2.12 bits per heavy atom. The van der Waals surface area contributed by atoms with Crippen molar-refractivity contribution in [2.24, 2.45) is 40.4 Å². The highest BCUT2D eigenvalue weighted by Gasteiger charge is 2.59. The number of hydrogen-bond donors (Lipinski definition) is 1. The van der Waals surface area contributed by atoms with Crippen LogP contribution in [0.1, 0.15) is 131 Å². The molecule has 292 valence electrons. The second-order valence-corrected chi connectivity index (χ2v) is 19.5. The van der Waals surface area contributed by atoms with Crippen molar-refractivity contribution >= 4 is 17.9 Å². The topological polar surface area (TPSA) is 85.4 Å². The molecule has 1 aliphatic heterocycles. The van der Waals surface area contributed by atoms with Crippen LogP contribution in [0.5, 0.6) is 0 Å². The third-order valence-electron chi connectivity index (χ3n) is 14.5. The lowest BCUT2D eigenvalue weighted by molar-refractivity contribution is -0.136. The van der Waals surface area contributed by atoms with Gasteiger partial charge in [-0.3, -0.25) is 14.5 Å². The van der Waals surface area contributed by atoms with Gasteiger partial charge in [0.1, 0.15) is 11.6 Å². The molecule has 1 heterocycles. The zero-order valence-corrected chi connectivity index (χ0v) is 34.1. The number of hydrogen-bond acceptors (Lipinski definition) is 6. The standard InChI is InChI=1S/C42H75N5O4/c1-40(2,3)51-39(50)47-29-32(28-36(47)38(49)46(26-12-24-44(6)7)27-13-25-45(8)9)43-37(48)20-17-31-16-19-34-33-18-15-30-14-10-11-22-41(30,4)35(33)21-23-42(31,34)5/h30-36H,10-29H2,1-9H3,(H,43,48)/t30?,31?,32-,33?,34?,35?,36-,41-,42+/m0/s1. The van der Waals surface area contributed by atoms with Crippen molar-refractivity contribution in [3.8, 4) is 0 Å². The molecule has 5 rings (SSSR count). The minimum absolute atomic E-state index is 0.0354. The Labute approximate surface area is 311 Å². The fourth-order valence-corrected chi connectivity index (χ4v) is 11.9. The summed E-state index contributed by atoms with van der Waals surface area (Å²) in [4.78, 5) is 49.1. The van der Waals surface area contributed by atoms with Crippen molar-refractivity contribution < 1.29 is 19.1 Å². The van der Waals surface area contributed by atoms with Crippen molar-refractivity contribution in [1.82, 2.24) is 24.9 Å². The van der Waals surface area contributed by atoms with E-state index in [-0.39, 0.29) is 17.9 Å². The fourth-order valence-electron chi connectivity index (χ4n) is 11.9. The molecule has 5 aliphatic rings. The molecular weight excluding hydrogens is 638 g/mol. The molecule has 0 aromatic rings. The number of likely N-dealkylation sites (tertiary alicyclic amines) is 1. The van der Waals surface area contributed by atoms with E-state index in [9.17, 15) is 14.4 Å². The third kappa shape index (κ3) is 9.45. The van der Waals surface area contributed by atoms with Gasteiger partial charge >= 0.3 is 6.09 Å². The van der Waals surface area contributed by atoms with Gasteiger partial charge < -0.3 is 24.8 Å². The van der Waals surface area contributed by atoms with E-state index in [2.05, 4.69) is 29.0 Å². The van der Waals surface area contributed by atoms with Gasteiger partial charge in [-0.25, -0.2) is 4.79 Å². The smallest absolute Gasteiger partial charge is 0.411 e. The number of rotatable bonds is 13. The highest BCUT2D eigenvalue weighted by atomic mass is 16.6. The third-order valence-corrected chi connectivity index (χ3v) is 14.5. The molecule has 9 heteroatoms. The summed E-state index contributed by atoms with van der Waals surface area (Å²) < 4.78 is 5.80. The molecule has 0 spiro atoms. The summed E-state index contributed by atoms with van der Waals surface area (Å²) in [6.07, 6.45) is 17.0. The summed E-state index contributed by atoms with van der Waals surface area (Å²) in [5, 5.41) is 3.28. The number of amides is 3. The van der Waals surface area contributed by atoms with Crippen LogP contribution in [0.2, 0.25) is 0 Å². The second-order valence-electron chi connectivity index (χ2n) is 19.5. The molecule has 1 saturated heterocycles. The van der Waals surface area contributed by atoms with Crippen molar-refractivity contribution in [3.05, 3.63) is 0 Å². The number of carbonyl (C=O) groups excluding carboxylic acids is 3. The van der Waals surface area contributed by atoms with Crippen LogP contribution in [0, 0.1) is 40.4 Å². The zero-order chi connectivity index (χ0) is 37.1. The lowest BCUT2D eigenvalue weighted by Crippen LogP contribution is -2.52. The predicted molar refractivity (Wildman–Crippen MR) is 205 cm³/mol. The van der Waals surface area contributed by atoms with Gasteiger partial charge in [0.2, 0.25) is 11.8 Å². The first-order chi connectivity index (χ1) is 24.0.